The molecule has 3 saturated heterocycles. The molecule has 0 spiro atoms. The molecule has 5 rings (SSSR count). The highest BCUT2D eigenvalue weighted by Gasteiger charge is 2.52. The summed E-state index contributed by atoms with van der Waals surface area (Å²) in [4.78, 5) is 2.63. The van der Waals surface area contributed by atoms with Crippen molar-refractivity contribution in [2.45, 2.75) is 146 Å². The van der Waals surface area contributed by atoms with Gasteiger partial charge < -0.3 is 35.6 Å². The number of fused-ring (bicyclic) bond motifs is 2. The van der Waals surface area contributed by atoms with Crippen LogP contribution in [-0.4, -0.2) is 89.0 Å². The Morgan fingerprint density at radius 3 is 2.59 bits per heavy atom. The second-order valence-corrected chi connectivity index (χ2v) is 16.2. The van der Waals surface area contributed by atoms with Gasteiger partial charge in [-0.05, 0) is 128 Å². The van der Waals surface area contributed by atoms with Crippen molar-refractivity contribution in [3.8, 4) is 0 Å². The van der Waals surface area contributed by atoms with E-state index in [2.05, 4.69) is 24.1 Å². The number of rotatable bonds is 8. The summed E-state index contributed by atoms with van der Waals surface area (Å²) in [6.45, 7) is 13.3. The molecule has 5 aliphatic rings. The van der Waals surface area contributed by atoms with Gasteiger partial charge in [0.25, 0.3) is 0 Å². The van der Waals surface area contributed by atoms with Gasteiger partial charge in [-0.15, -0.1) is 11.6 Å². The molecule has 5 fully saturated rings. The molecule has 8 unspecified atom stereocenters. The molecule has 0 bridgehead atoms. The molecular formula is C33H60ClN3O4. The van der Waals surface area contributed by atoms with E-state index in [0.717, 1.165) is 84.2 Å². The van der Waals surface area contributed by atoms with Gasteiger partial charge in [-0.3, -0.25) is 0 Å². The molecule has 5 N–H and O–H groups in total. The number of piperidine rings is 2. The summed E-state index contributed by atoms with van der Waals surface area (Å²) in [6, 6.07) is 0.452. The van der Waals surface area contributed by atoms with Gasteiger partial charge in [-0.2, -0.15) is 0 Å². The third-order valence-corrected chi connectivity index (χ3v) is 12.6. The fourth-order valence-electron chi connectivity index (χ4n) is 9.52. The van der Waals surface area contributed by atoms with Crippen molar-refractivity contribution in [1.29, 1.82) is 0 Å². The molecule has 0 amide bonds. The van der Waals surface area contributed by atoms with Crippen LogP contribution in [-0.2, 0) is 9.47 Å². The van der Waals surface area contributed by atoms with Crippen LogP contribution in [0.15, 0.2) is 0 Å². The largest absolute Gasteiger partial charge is 0.389 e. The summed E-state index contributed by atoms with van der Waals surface area (Å²) >= 11 is 6.40. The van der Waals surface area contributed by atoms with Gasteiger partial charge >= 0.3 is 0 Å². The third kappa shape index (κ3) is 7.13. The predicted molar refractivity (Wildman–Crippen MR) is 165 cm³/mol. The van der Waals surface area contributed by atoms with Crippen molar-refractivity contribution < 1.29 is 19.7 Å². The minimum atomic E-state index is -0.991. The number of halogens is 1. The quantitative estimate of drug-likeness (QED) is 0.239. The van der Waals surface area contributed by atoms with Crippen LogP contribution in [0.5, 0.6) is 0 Å². The van der Waals surface area contributed by atoms with E-state index in [-0.39, 0.29) is 16.9 Å². The lowest BCUT2D eigenvalue weighted by atomic mass is 9.60. The fraction of sp³-hybridized carbons (Fsp3) is 1.00. The minimum Gasteiger partial charge on any atom is -0.389 e. The summed E-state index contributed by atoms with van der Waals surface area (Å²) < 4.78 is 13.0. The molecule has 8 atom stereocenters. The summed E-state index contributed by atoms with van der Waals surface area (Å²) in [6.07, 6.45) is 12.4. The number of nitrogens with two attached hydrogens (primary N) is 1. The smallest absolute Gasteiger partial charge is 0.131 e. The van der Waals surface area contributed by atoms with Gasteiger partial charge in [0.1, 0.15) is 11.8 Å². The van der Waals surface area contributed by atoms with Crippen molar-refractivity contribution in [3.63, 3.8) is 0 Å². The Hall–Kier alpha value is 0.01000. The van der Waals surface area contributed by atoms with E-state index >= 15 is 0 Å². The second kappa shape index (κ2) is 13.2. The fourth-order valence-corrected chi connectivity index (χ4v) is 9.77. The molecule has 0 aromatic heterocycles. The average molecular weight is 598 g/mol. The monoisotopic (exact) mass is 597 g/mol. The van der Waals surface area contributed by atoms with Crippen LogP contribution in [0.1, 0.15) is 105 Å². The first-order chi connectivity index (χ1) is 19.4. The first-order valence-corrected chi connectivity index (χ1v) is 17.4. The number of alkyl halides is 1. The minimum absolute atomic E-state index is 0.109. The third-order valence-electron chi connectivity index (χ3n) is 12.1. The number of hydrogen-bond donors (Lipinski definition) is 4. The normalized spacial score (nSPS) is 43.0. The molecule has 7 nitrogen and oxygen atoms in total. The number of hydrogen-bond acceptors (Lipinski definition) is 7. The maximum Gasteiger partial charge on any atom is 0.131 e. The first-order valence-electron chi connectivity index (χ1n) is 16.9. The Morgan fingerprint density at radius 1 is 1.12 bits per heavy atom. The van der Waals surface area contributed by atoms with Crippen LogP contribution < -0.4 is 11.1 Å². The van der Waals surface area contributed by atoms with Crippen molar-refractivity contribution in [2.75, 3.05) is 32.8 Å². The van der Waals surface area contributed by atoms with E-state index in [1.165, 1.54) is 25.7 Å². The zero-order valence-electron chi connectivity index (χ0n) is 26.3. The predicted octanol–water partition coefficient (Wildman–Crippen LogP) is 4.65. The van der Waals surface area contributed by atoms with Crippen molar-refractivity contribution in [3.05, 3.63) is 0 Å². The Kier molecular flexibility index (Phi) is 10.4. The zero-order valence-corrected chi connectivity index (χ0v) is 27.1. The number of nitrogens with one attached hydrogen (secondary N) is 1. The second-order valence-electron chi connectivity index (χ2n) is 15.6. The molecule has 2 saturated carbocycles. The molecule has 41 heavy (non-hydrogen) atoms. The lowest BCUT2D eigenvalue weighted by Crippen LogP contribution is -2.61. The highest BCUT2D eigenvalue weighted by atomic mass is 35.5. The SMILES string of the molecule is CC(C)(OC1CCC2OCC3NCCCC3C(CCCN3CCC(O)(C4CCC(Cl)CC4)C(C)(C)C3)C2C1)C(N)O. The summed E-state index contributed by atoms with van der Waals surface area (Å²) in [7, 11) is 0. The van der Waals surface area contributed by atoms with E-state index < -0.39 is 17.4 Å². The Morgan fingerprint density at radius 2 is 1.88 bits per heavy atom. The molecule has 0 aromatic carbocycles. The van der Waals surface area contributed by atoms with Gasteiger partial charge in [0, 0.05) is 29.9 Å². The highest BCUT2D eigenvalue weighted by Crippen LogP contribution is 2.49. The molecule has 0 aromatic rings. The molecule has 238 valence electrons. The Labute approximate surface area is 254 Å². The van der Waals surface area contributed by atoms with Crippen molar-refractivity contribution >= 4 is 11.6 Å². The van der Waals surface area contributed by atoms with Crippen molar-refractivity contribution in [1.82, 2.24) is 10.2 Å². The topological polar surface area (TPSA) is 100 Å². The molecule has 3 aliphatic heterocycles. The lowest BCUT2D eigenvalue weighted by Gasteiger charge is -2.55. The zero-order chi connectivity index (χ0) is 29.4. The molecular weight excluding hydrogens is 538 g/mol. The van der Waals surface area contributed by atoms with E-state index in [1.807, 2.05) is 13.8 Å². The number of likely N-dealkylation sites (tertiary alicyclic amines) is 1. The van der Waals surface area contributed by atoms with Crippen LogP contribution >= 0.6 is 11.6 Å². The summed E-state index contributed by atoms with van der Waals surface area (Å²) in [5, 5.41) is 26.1. The van der Waals surface area contributed by atoms with Gasteiger partial charge in [0.2, 0.25) is 0 Å². The van der Waals surface area contributed by atoms with Crippen molar-refractivity contribution in [2.24, 2.45) is 34.8 Å². The summed E-state index contributed by atoms with van der Waals surface area (Å²) in [5.74, 6) is 2.11. The Bertz CT molecular complexity index is 850. The van der Waals surface area contributed by atoms with Gasteiger partial charge in [0.05, 0.1) is 24.4 Å². The first kappa shape index (κ1) is 32.4. The molecule has 0 radical (unpaired) electrons. The van der Waals surface area contributed by atoms with E-state index in [0.29, 0.717) is 35.8 Å². The molecule has 3 heterocycles. The molecule has 8 heteroatoms. The van der Waals surface area contributed by atoms with E-state index in [1.54, 1.807) is 0 Å². The Balaban J connectivity index is 1.22. The van der Waals surface area contributed by atoms with Crippen LogP contribution in [0.3, 0.4) is 0 Å². The standard InChI is InChI=1S/C33H60ClN3O4/c1-31(2)21-37(18-15-33(31,39)22-9-11-23(34)12-10-22)17-6-8-25-26-7-5-16-36-28(26)20-40-29-14-13-24(19-27(25)29)41-32(3,4)30(35)38/h22-30,36,38-39H,5-21,35H2,1-4H3. The van der Waals surface area contributed by atoms with Crippen LogP contribution in [0.25, 0.3) is 0 Å². The number of ether oxygens (including phenoxy) is 2. The van der Waals surface area contributed by atoms with Crippen LogP contribution in [0.2, 0.25) is 0 Å². The maximum absolute atomic E-state index is 12.0. The lowest BCUT2D eigenvalue weighted by molar-refractivity contribution is -0.162. The number of aliphatic hydroxyl groups excluding tert-OH is 1. The highest BCUT2D eigenvalue weighted by molar-refractivity contribution is 6.20. The average Bonchev–Trinajstić information content (AvgIpc) is 3.07. The van der Waals surface area contributed by atoms with Gasteiger partial charge in [0.15, 0.2) is 0 Å². The van der Waals surface area contributed by atoms with Gasteiger partial charge in [-0.1, -0.05) is 13.8 Å². The van der Waals surface area contributed by atoms with E-state index in [9.17, 15) is 10.2 Å². The van der Waals surface area contributed by atoms with Crippen LogP contribution in [0, 0.1) is 29.1 Å². The number of nitrogens with zero attached hydrogens (tertiary/aromatic N) is 1. The molecule has 2 aliphatic carbocycles. The maximum atomic E-state index is 12.0. The summed E-state index contributed by atoms with van der Waals surface area (Å²) in [5.41, 5.74) is 4.39. The van der Waals surface area contributed by atoms with E-state index in [4.69, 9.17) is 26.8 Å². The van der Waals surface area contributed by atoms with Crippen LogP contribution in [0.4, 0.5) is 0 Å². The van der Waals surface area contributed by atoms with Gasteiger partial charge in [-0.25, -0.2) is 0 Å². The number of aliphatic hydroxyl groups is 2.